The summed E-state index contributed by atoms with van der Waals surface area (Å²) in [6.45, 7) is 1.05. The molecule has 11 heteroatoms. The molecule has 27 heavy (non-hydrogen) atoms. The molecular weight excluding hydrogens is 374 g/mol. The Balaban J connectivity index is 1.64. The van der Waals surface area contributed by atoms with Crippen LogP contribution in [-0.4, -0.2) is 75.8 Å². The number of hydrogen-bond donors (Lipinski definition) is 1. The molecule has 1 aromatic carbocycles. The van der Waals surface area contributed by atoms with Gasteiger partial charge in [-0.3, -0.25) is 4.79 Å². The Labute approximate surface area is 156 Å². The van der Waals surface area contributed by atoms with Crippen molar-refractivity contribution in [2.45, 2.75) is 17.9 Å². The van der Waals surface area contributed by atoms with Crippen molar-refractivity contribution < 1.29 is 23.1 Å². The highest BCUT2D eigenvalue weighted by Gasteiger charge is 2.28. The molecule has 0 aliphatic carbocycles. The summed E-state index contributed by atoms with van der Waals surface area (Å²) in [7, 11) is -3.60. The minimum Gasteiger partial charge on any atom is -0.476 e. The number of amides is 1. The summed E-state index contributed by atoms with van der Waals surface area (Å²) in [6.07, 6.45) is 1.69. The van der Waals surface area contributed by atoms with Crippen molar-refractivity contribution in [3.05, 3.63) is 42.2 Å². The molecule has 144 valence electrons. The maximum Gasteiger partial charge on any atom is 0.358 e. The number of rotatable bonds is 5. The zero-order valence-electron chi connectivity index (χ0n) is 14.4. The molecule has 2 heterocycles. The van der Waals surface area contributed by atoms with E-state index < -0.39 is 16.0 Å². The maximum absolute atomic E-state index is 12.7. The molecule has 10 nitrogen and oxygen atoms in total. The molecule has 0 radical (unpaired) electrons. The van der Waals surface area contributed by atoms with Gasteiger partial charge in [0.05, 0.1) is 11.1 Å². The van der Waals surface area contributed by atoms with Gasteiger partial charge in [0.1, 0.15) is 6.54 Å². The van der Waals surface area contributed by atoms with Crippen molar-refractivity contribution in [2.75, 3.05) is 26.2 Å². The lowest BCUT2D eigenvalue weighted by Gasteiger charge is -2.22. The van der Waals surface area contributed by atoms with Gasteiger partial charge in [-0.1, -0.05) is 23.4 Å². The van der Waals surface area contributed by atoms with E-state index >= 15 is 0 Å². The third-order valence-electron chi connectivity index (χ3n) is 4.24. The number of hydrogen-bond acceptors (Lipinski definition) is 6. The zero-order valence-corrected chi connectivity index (χ0v) is 15.2. The lowest BCUT2D eigenvalue weighted by Crippen LogP contribution is -2.38. The van der Waals surface area contributed by atoms with Crippen molar-refractivity contribution in [1.82, 2.24) is 24.2 Å². The monoisotopic (exact) mass is 393 g/mol. The molecular formula is C16H19N5O5S. The summed E-state index contributed by atoms with van der Waals surface area (Å²) in [6, 6.07) is 8.19. The first-order valence-corrected chi connectivity index (χ1v) is 9.78. The van der Waals surface area contributed by atoms with Gasteiger partial charge in [-0.15, -0.1) is 5.10 Å². The Kier molecular flexibility index (Phi) is 5.51. The second kappa shape index (κ2) is 7.84. The smallest absolute Gasteiger partial charge is 0.358 e. The van der Waals surface area contributed by atoms with Gasteiger partial charge in [-0.05, 0) is 18.6 Å². The molecule has 2 aromatic rings. The van der Waals surface area contributed by atoms with E-state index in [1.165, 1.54) is 10.5 Å². The molecule has 0 atom stereocenters. The van der Waals surface area contributed by atoms with Crippen LogP contribution in [0.1, 0.15) is 16.9 Å². The fraction of sp³-hybridized carbons (Fsp3) is 0.375. The van der Waals surface area contributed by atoms with Gasteiger partial charge in [-0.25, -0.2) is 17.9 Å². The molecule has 1 N–H and O–H groups in total. The van der Waals surface area contributed by atoms with Gasteiger partial charge in [0, 0.05) is 26.2 Å². The van der Waals surface area contributed by atoms with Crippen LogP contribution in [0, 0.1) is 0 Å². The number of nitrogens with zero attached hydrogens (tertiary/aromatic N) is 5. The molecule has 1 aliphatic rings. The first-order valence-electron chi connectivity index (χ1n) is 8.34. The number of aromatic nitrogens is 3. The van der Waals surface area contributed by atoms with Gasteiger partial charge in [0.25, 0.3) is 0 Å². The third-order valence-corrected chi connectivity index (χ3v) is 6.16. The number of carboxylic acid groups (broad SMARTS) is 1. The Morgan fingerprint density at radius 3 is 2.48 bits per heavy atom. The summed E-state index contributed by atoms with van der Waals surface area (Å²) in [5.41, 5.74) is -0.237. The lowest BCUT2D eigenvalue weighted by molar-refractivity contribution is -0.131. The highest BCUT2D eigenvalue weighted by atomic mass is 32.2. The highest BCUT2D eigenvalue weighted by Crippen LogP contribution is 2.17. The normalized spacial score (nSPS) is 16.1. The number of carbonyl (C=O) groups is 2. The van der Waals surface area contributed by atoms with E-state index in [9.17, 15) is 18.0 Å². The van der Waals surface area contributed by atoms with Crippen LogP contribution in [0.5, 0.6) is 0 Å². The van der Waals surface area contributed by atoms with E-state index in [2.05, 4.69) is 10.3 Å². The largest absolute Gasteiger partial charge is 0.476 e. The van der Waals surface area contributed by atoms with E-state index in [1.807, 2.05) is 0 Å². The van der Waals surface area contributed by atoms with E-state index in [0.29, 0.717) is 19.5 Å². The predicted molar refractivity (Wildman–Crippen MR) is 93.4 cm³/mol. The Hall–Kier alpha value is -2.79. The topological polar surface area (TPSA) is 126 Å². The van der Waals surface area contributed by atoms with Gasteiger partial charge in [0.2, 0.25) is 15.9 Å². The van der Waals surface area contributed by atoms with Crippen molar-refractivity contribution in [3.8, 4) is 0 Å². The summed E-state index contributed by atoms with van der Waals surface area (Å²) < 4.78 is 28.0. The lowest BCUT2D eigenvalue weighted by atomic mass is 10.4. The Morgan fingerprint density at radius 1 is 1.07 bits per heavy atom. The first-order chi connectivity index (χ1) is 12.9. The zero-order chi connectivity index (χ0) is 19.4. The van der Waals surface area contributed by atoms with Gasteiger partial charge in [0.15, 0.2) is 5.69 Å². The molecule has 1 amide bonds. The number of benzene rings is 1. The fourth-order valence-electron chi connectivity index (χ4n) is 2.84. The Morgan fingerprint density at radius 2 is 1.81 bits per heavy atom. The molecule has 1 saturated heterocycles. The van der Waals surface area contributed by atoms with E-state index in [0.717, 1.165) is 4.68 Å². The van der Waals surface area contributed by atoms with Gasteiger partial charge < -0.3 is 10.0 Å². The molecule has 0 bridgehead atoms. The Bertz CT molecular complexity index is 928. The van der Waals surface area contributed by atoms with Crippen LogP contribution in [0.3, 0.4) is 0 Å². The standard InChI is InChI=1S/C16H19N5O5S/c22-15(12-20-11-14(16(23)24)17-18-20)19-7-4-8-21(10-9-19)27(25,26)13-5-2-1-3-6-13/h1-3,5-6,11H,4,7-10,12H2,(H,23,24). The quantitative estimate of drug-likeness (QED) is 0.752. The molecule has 0 spiro atoms. The van der Waals surface area contributed by atoms with Crippen LogP contribution < -0.4 is 0 Å². The number of carbonyl (C=O) groups excluding carboxylic acids is 1. The SMILES string of the molecule is O=C(O)c1cn(CC(=O)N2CCCN(S(=O)(=O)c3ccccc3)CC2)nn1. The van der Waals surface area contributed by atoms with Crippen LogP contribution in [0.25, 0.3) is 0 Å². The van der Waals surface area contributed by atoms with E-state index in [-0.39, 0.29) is 36.1 Å². The third kappa shape index (κ3) is 4.31. The van der Waals surface area contributed by atoms with Crippen molar-refractivity contribution in [1.29, 1.82) is 0 Å². The van der Waals surface area contributed by atoms with Crippen molar-refractivity contribution in [2.24, 2.45) is 0 Å². The highest BCUT2D eigenvalue weighted by molar-refractivity contribution is 7.89. The summed E-state index contributed by atoms with van der Waals surface area (Å²) in [4.78, 5) is 25.1. The van der Waals surface area contributed by atoms with Crippen LogP contribution >= 0.6 is 0 Å². The van der Waals surface area contributed by atoms with E-state index in [4.69, 9.17) is 5.11 Å². The van der Waals surface area contributed by atoms with Crippen molar-refractivity contribution >= 4 is 21.9 Å². The number of carboxylic acids is 1. The summed E-state index contributed by atoms with van der Waals surface area (Å²) in [5.74, 6) is -1.49. The number of sulfonamides is 1. The maximum atomic E-state index is 12.7. The minimum atomic E-state index is -3.60. The molecule has 1 aromatic heterocycles. The van der Waals surface area contributed by atoms with Crippen LogP contribution in [-0.2, 0) is 21.4 Å². The average Bonchev–Trinajstić information content (AvgIpc) is 2.97. The summed E-state index contributed by atoms with van der Waals surface area (Å²) >= 11 is 0. The van der Waals surface area contributed by atoms with Gasteiger partial charge >= 0.3 is 5.97 Å². The first kappa shape index (κ1) is 19.0. The van der Waals surface area contributed by atoms with E-state index in [1.54, 1.807) is 35.2 Å². The average molecular weight is 393 g/mol. The van der Waals surface area contributed by atoms with Crippen LogP contribution in [0.2, 0.25) is 0 Å². The van der Waals surface area contributed by atoms with Gasteiger partial charge in [-0.2, -0.15) is 4.31 Å². The summed E-state index contributed by atoms with van der Waals surface area (Å²) in [5, 5.41) is 15.9. The number of aromatic carboxylic acids is 1. The molecule has 1 aliphatic heterocycles. The molecule has 1 fully saturated rings. The van der Waals surface area contributed by atoms with Crippen molar-refractivity contribution in [3.63, 3.8) is 0 Å². The fourth-order valence-corrected chi connectivity index (χ4v) is 4.33. The second-order valence-corrected chi connectivity index (χ2v) is 8.00. The molecule has 0 unspecified atom stereocenters. The molecule has 0 saturated carbocycles. The van der Waals surface area contributed by atoms with Crippen LogP contribution in [0.4, 0.5) is 0 Å². The second-order valence-electron chi connectivity index (χ2n) is 6.06. The van der Waals surface area contributed by atoms with Crippen LogP contribution in [0.15, 0.2) is 41.4 Å². The molecule has 3 rings (SSSR count). The predicted octanol–water partition coefficient (Wildman–Crippen LogP) is -0.100. The minimum absolute atomic E-state index is 0.147.